The Bertz CT molecular complexity index is 990. The Morgan fingerprint density at radius 2 is 1.89 bits per heavy atom. The SMILES string of the molecule is CC(OC(=O)c1ccc2ccccc2n1)C(=O)N(C)Cc1cccc(F)c1. The van der Waals surface area contributed by atoms with Crippen molar-refractivity contribution in [2.45, 2.75) is 19.6 Å². The molecule has 1 atom stereocenters. The number of esters is 1. The van der Waals surface area contributed by atoms with E-state index >= 15 is 0 Å². The Morgan fingerprint density at radius 1 is 1.11 bits per heavy atom. The van der Waals surface area contributed by atoms with Crippen LogP contribution in [0.5, 0.6) is 0 Å². The van der Waals surface area contributed by atoms with Gasteiger partial charge in [-0.2, -0.15) is 0 Å². The van der Waals surface area contributed by atoms with E-state index < -0.39 is 12.1 Å². The van der Waals surface area contributed by atoms with Crippen LogP contribution in [0.25, 0.3) is 10.9 Å². The average Bonchev–Trinajstić information content (AvgIpc) is 2.66. The van der Waals surface area contributed by atoms with Gasteiger partial charge >= 0.3 is 5.97 Å². The van der Waals surface area contributed by atoms with Crippen molar-refractivity contribution in [2.75, 3.05) is 7.05 Å². The second-order valence-electron chi connectivity index (χ2n) is 6.26. The summed E-state index contributed by atoms with van der Waals surface area (Å²) < 4.78 is 18.5. The van der Waals surface area contributed by atoms with E-state index in [4.69, 9.17) is 4.74 Å². The van der Waals surface area contributed by atoms with E-state index in [9.17, 15) is 14.0 Å². The summed E-state index contributed by atoms with van der Waals surface area (Å²) in [4.78, 5) is 30.4. The molecule has 0 saturated carbocycles. The highest BCUT2D eigenvalue weighted by molar-refractivity contribution is 5.93. The van der Waals surface area contributed by atoms with Crippen molar-refractivity contribution in [3.8, 4) is 0 Å². The molecule has 0 aliphatic carbocycles. The van der Waals surface area contributed by atoms with Gasteiger partial charge in [0.1, 0.15) is 11.5 Å². The normalized spacial score (nSPS) is 11.8. The molecule has 0 N–H and O–H groups in total. The smallest absolute Gasteiger partial charge is 0.357 e. The maximum absolute atomic E-state index is 13.3. The van der Waals surface area contributed by atoms with Gasteiger partial charge in [-0.15, -0.1) is 0 Å². The van der Waals surface area contributed by atoms with E-state index in [1.54, 1.807) is 37.4 Å². The zero-order valence-electron chi connectivity index (χ0n) is 15.1. The van der Waals surface area contributed by atoms with Crippen molar-refractivity contribution in [2.24, 2.45) is 0 Å². The number of nitrogens with zero attached hydrogens (tertiary/aromatic N) is 2. The maximum atomic E-state index is 13.3. The van der Waals surface area contributed by atoms with Crippen LogP contribution in [0.2, 0.25) is 0 Å². The van der Waals surface area contributed by atoms with Gasteiger partial charge in [0.05, 0.1) is 5.52 Å². The number of carbonyl (C=O) groups is 2. The van der Waals surface area contributed by atoms with Gasteiger partial charge in [0.2, 0.25) is 0 Å². The summed E-state index contributed by atoms with van der Waals surface area (Å²) in [5.41, 5.74) is 1.47. The minimum Gasteiger partial charge on any atom is -0.448 e. The standard InChI is InChI=1S/C21H19FN2O3/c1-14(20(25)24(2)13-15-6-5-8-17(22)12-15)27-21(26)19-11-10-16-7-3-4-9-18(16)23-19/h3-12,14H,13H2,1-2H3. The number of aromatic nitrogens is 1. The van der Waals surface area contributed by atoms with Gasteiger partial charge in [-0.25, -0.2) is 14.2 Å². The molecule has 6 heteroatoms. The second kappa shape index (κ2) is 7.95. The average molecular weight is 366 g/mol. The summed E-state index contributed by atoms with van der Waals surface area (Å²) in [5, 5.41) is 0.910. The Balaban J connectivity index is 1.64. The van der Waals surface area contributed by atoms with Crippen molar-refractivity contribution in [3.05, 3.63) is 77.7 Å². The van der Waals surface area contributed by atoms with E-state index in [2.05, 4.69) is 4.98 Å². The molecule has 138 valence electrons. The van der Waals surface area contributed by atoms with E-state index in [0.717, 1.165) is 5.39 Å². The predicted molar refractivity (Wildman–Crippen MR) is 99.5 cm³/mol. The molecule has 0 radical (unpaired) electrons. The third kappa shape index (κ3) is 4.47. The Hall–Kier alpha value is -3.28. The number of benzene rings is 2. The first-order valence-corrected chi connectivity index (χ1v) is 8.50. The fraction of sp³-hybridized carbons (Fsp3) is 0.190. The van der Waals surface area contributed by atoms with Gasteiger partial charge in [-0.1, -0.05) is 36.4 Å². The molecule has 0 spiro atoms. The summed E-state index contributed by atoms with van der Waals surface area (Å²) in [6, 6.07) is 16.8. The lowest BCUT2D eigenvalue weighted by Gasteiger charge is -2.21. The van der Waals surface area contributed by atoms with Crippen molar-refractivity contribution < 1.29 is 18.7 Å². The number of ether oxygens (including phenoxy) is 1. The van der Waals surface area contributed by atoms with E-state index in [-0.39, 0.29) is 24.0 Å². The van der Waals surface area contributed by atoms with Crippen LogP contribution in [0, 0.1) is 5.82 Å². The lowest BCUT2D eigenvalue weighted by atomic mass is 10.2. The van der Waals surface area contributed by atoms with Gasteiger partial charge in [0, 0.05) is 19.0 Å². The van der Waals surface area contributed by atoms with Crippen LogP contribution >= 0.6 is 0 Å². The highest BCUT2D eigenvalue weighted by Crippen LogP contribution is 2.14. The number of para-hydroxylation sites is 1. The molecule has 3 rings (SSSR count). The fourth-order valence-electron chi connectivity index (χ4n) is 2.75. The minimum absolute atomic E-state index is 0.140. The van der Waals surface area contributed by atoms with E-state index in [0.29, 0.717) is 11.1 Å². The first-order chi connectivity index (χ1) is 12.9. The molecule has 3 aromatic rings. The highest BCUT2D eigenvalue weighted by Gasteiger charge is 2.23. The lowest BCUT2D eigenvalue weighted by molar-refractivity contribution is -0.139. The van der Waals surface area contributed by atoms with Crippen LogP contribution in [-0.2, 0) is 16.1 Å². The number of rotatable bonds is 5. The molecule has 27 heavy (non-hydrogen) atoms. The van der Waals surface area contributed by atoms with Crippen molar-refractivity contribution in [3.63, 3.8) is 0 Å². The molecule has 1 aromatic heterocycles. The van der Waals surface area contributed by atoms with Crippen LogP contribution in [0.4, 0.5) is 4.39 Å². The molecule has 1 heterocycles. The number of amides is 1. The molecule has 2 aromatic carbocycles. The highest BCUT2D eigenvalue weighted by atomic mass is 19.1. The van der Waals surface area contributed by atoms with Crippen molar-refractivity contribution in [1.82, 2.24) is 9.88 Å². The number of pyridine rings is 1. The molecule has 0 bridgehead atoms. The van der Waals surface area contributed by atoms with Crippen molar-refractivity contribution >= 4 is 22.8 Å². The zero-order chi connectivity index (χ0) is 19.4. The van der Waals surface area contributed by atoms with E-state index in [1.807, 2.05) is 18.2 Å². The summed E-state index contributed by atoms with van der Waals surface area (Å²) in [6.07, 6.45) is -0.982. The maximum Gasteiger partial charge on any atom is 0.357 e. The quantitative estimate of drug-likeness (QED) is 0.648. The topological polar surface area (TPSA) is 59.5 Å². The summed E-state index contributed by atoms with van der Waals surface area (Å²) >= 11 is 0. The Labute approximate surface area is 156 Å². The van der Waals surface area contributed by atoms with Gasteiger partial charge in [-0.3, -0.25) is 4.79 Å². The van der Waals surface area contributed by atoms with E-state index in [1.165, 1.54) is 24.0 Å². The predicted octanol–water partition coefficient (Wildman–Crippen LogP) is 3.58. The summed E-state index contributed by atoms with van der Waals surface area (Å²) in [5.74, 6) is -1.41. The molecule has 0 fully saturated rings. The minimum atomic E-state index is -0.982. The molecule has 5 nitrogen and oxygen atoms in total. The third-order valence-electron chi connectivity index (χ3n) is 4.12. The van der Waals surface area contributed by atoms with Crippen LogP contribution in [0.1, 0.15) is 23.0 Å². The molecular weight excluding hydrogens is 347 g/mol. The second-order valence-corrected chi connectivity index (χ2v) is 6.26. The molecule has 1 unspecified atom stereocenters. The van der Waals surface area contributed by atoms with Crippen LogP contribution < -0.4 is 0 Å². The number of hydrogen-bond acceptors (Lipinski definition) is 4. The number of hydrogen-bond donors (Lipinski definition) is 0. The number of likely N-dealkylation sites (N-methyl/N-ethyl adjacent to an activating group) is 1. The molecule has 0 saturated heterocycles. The summed E-state index contributed by atoms with van der Waals surface area (Å²) in [7, 11) is 1.58. The largest absolute Gasteiger partial charge is 0.448 e. The first kappa shape index (κ1) is 18.5. The molecular formula is C21H19FN2O3. The Morgan fingerprint density at radius 3 is 2.67 bits per heavy atom. The summed E-state index contributed by atoms with van der Waals surface area (Å²) in [6.45, 7) is 1.72. The zero-order valence-corrected chi connectivity index (χ0v) is 15.1. The van der Waals surface area contributed by atoms with Gasteiger partial charge in [0.25, 0.3) is 5.91 Å². The number of carbonyl (C=O) groups excluding carboxylic acids is 2. The molecule has 0 aliphatic rings. The molecule has 0 aliphatic heterocycles. The third-order valence-corrected chi connectivity index (χ3v) is 4.12. The van der Waals surface area contributed by atoms with Gasteiger partial charge in [-0.05, 0) is 36.8 Å². The number of halogens is 1. The van der Waals surface area contributed by atoms with Gasteiger partial charge in [0.15, 0.2) is 6.10 Å². The first-order valence-electron chi connectivity index (χ1n) is 8.50. The monoisotopic (exact) mass is 366 g/mol. The van der Waals surface area contributed by atoms with Crippen molar-refractivity contribution in [1.29, 1.82) is 0 Å². The van der Waals surface area contributed by atoms with Crippen LogP contribution in [0.3, 0.4) is 0 Å². The van der Waals surface area contributed by atoms with Gasteiger partial charge < -0.3 is 9.64 Å². The fourth-order valence-corrected chi connectivity index (χ4v) is 2.75. The lowest BCUT2D eigenvalue weighted by Crippen LogP contribution is -2.37. The number of fused-ring (bicyclic) bond motifs is 1. The van der Waals surface area contributed by atoms with Crippen LogP contribution in [0.15, 0.2) is 60.7 Å². The molecule has 1 amide bonds. The van der Waals surface area contributed by atoms with Crippen LogP contribution in [-0.4, -0.2) is 34.9 Å². The Kier molecular flexibility index (Phi) is 5.45.